The predicted octanol–water partition coefficient (Wildman–Crippen LogP) is 3.34. The van der Waals surface area contributed by atoms with E-state index in [1.54, 1.807) is 0 Å². The van der Waals surface area contributed by atoms with Gasteiger partial charge in [-0.25, -0.2) is 0 Å². The van der Waals surface area contributed by atoms with Crippen LogP contribution in [0.25, 0.3) is 0 Å². The molecule has 0 radical (unpaired) electrons. The summed E-state index contributed by atoms with van der Waals surface area (Å²) in [5.41, 5.74) is 1.40. The van der Waals surface area contributed by atoms with Crippen LogP contribution in [0.3, 0.4) is 0 Å². The Morgan fingerprint density at radius 1 is 1.33 bits per heavy atom. The Hall–Kier alpha value is -0.570. The molecule has 1 aliphatic carbocycles. The lowest BCUT2D eigenvalue weighted by molar-refractivity contribution is 0.221. The van der Waals surface area contributed by atoms with E-state index < -0.39 is 0 Å². The summed E-state index contributed by atoms with van der Waals surface area (Å²) in [5, 5.41) is 13.4. The molecule has 2 nitrogen and oxygen atoms in total. The van der Waals surface area contributed by atoms with Crippen molar-refractivity contribution in [1.82, 2.24) is 5.32 Å². The first kappa shape index (κ1) is 13.9. The molecule has 1 aliphatic rings. The van der Waals surface area contributed by atoms with Crippen LogP contribution < -0.4 is 5.32 Å². The second-order valence-electron chi connectivity index (χ2n) is 5.20. The third-order valence-corrected chi connectivity index (χ3v) is 4.17. The Kier molecular flexibility index (Phi) is 5.04. The van der Waals surface area contributed by atoms with Crippen LogP contribution in [0, 0.1) is 0 Å². The van der Waals surface area contributed by atoms with E-state index in [0.29, 0.717) is 18.0 Å². The van der Waals surface area contributed by atoms with Gasteiger partial charge >= 0.3 is 0 Å². The molecule has 1 fully saturated rings. The molecule has 0 spiro atoms. The van der Waals surface area contributed by atoms with E-state index in [4.69, 9.17) is 16.7 Å². The Bertz CT molecular complexity index is 359. The lowest BCUT2D eigenvalue weighted by Gasteiger charge is -2.38. The number of hydrogen-bond donors (Lipinski definition) is 2. The van der Waals surface area contributed by atoms with E-state index in [1.807, 2.05) is 12.1 Å². The van der Waals surface area contributed by atoms with Crippen molar-refractivity contribution in [3.63, 3.8) is 0 Å². The lowest BCUT2D eigenvalue weighted by atomic mass is 9.75. The molecule has 0 heterocycles. The molecule has 100 valence electrons. The van der Waals surface area contributed by atoms with E-state index in [0.717, 1.165) is 17.9 Å². The minimum absolute atomic E-state index is 0.277. The van der Waals surface area contributed by atoms with Gasteiger partial charge in [0.1, 0.15) is 0 Å². The molecule has 0 amide bonds. The zero-order valence-corrected chi connectivity index (χ0v) is 11.7. The highest BCUT2D eigenvalue weighted by atomic mass is 35.5. The van der Waals surface area contributed by atoms with Crippen LogP contribution in [0.5, 0.6) is 0 Å². The molecule has 1 aromatic carbocycles. The molecule has 0 saturated heterocycles. The first-order valence-corrected chi connectivity index (χ1v) is 7.23. The van der Waals surface area contributed by atoms with E-state index in [1.165, 1.54) is 18.4 Å². The van der Waals surface area contributed by atoms with E-state index in [-0.39, 0.29) is 6.61 Å². The van der Waals surface area contributed by atoms with Gasteiger partial charge in [-0.05, 0) is 49.3 Å². The maximum atomic E-state index is 8.97. The highest BCUT2D eigenvalue weighted by molar-refractivity contribution is 6.30. The van der Waals surface area contributed by atoms with Gasteiger partial charge < -0.3 is 10.4 Å². The van der Waals surface area contributed by atoms with Gasteiger partial charge in [0.15, 0.2) is 0 Å². The fraction of sp³-hybridized carbons (Fsp3) is 0.600. The van der Waals surface area contributed by atoms with Crippen LogP contribution >= 0.6 is 11.6 Å². The molecule has 18 heavy (non-hydrogen) atoms. The van der Waals surface area contributed by atoms with Gasteiger partial charge in [0, 0.05) is 23.7 Å². The summed E-state index contributed by atoms with van der Waals surface area (Å²) in [6, 6.07) is 9.28. The van der Waals surface area contributed by atoms with Crippen molar-refractivity contribution >= 4 is 11.6 Å². The van der Waals surface area contributed by atoms with Gasteiger partial charge in [-0.2, -0.15) is 0 Å². The first-order valence-electron chi connectivity index (χ1n) is 6.85. The fourth-order valence-electron chi connectivity index (χ4n) is 2.66. The SMILES string of the molecule is CCC(CCO)NC1CC(c2ccc(Cl)cc2)C1. The van der Waals surface area contributed by atoms with Crippen molar-refractivity contribution in [2.45, 2.75) is 50.6 Å². The third-order valence-electron chi connectivity index (χ3n) is 3.92. The quantitative estimate of drug-likeness (QED) is 0.829. The summed E-state index contributed by atoms with van der Waals surface area (Å²) in [7, 11) is 0. The van der Waals surface area contributed by atoms with Crippen molar-refractivity contribution in [2.75, 3.05) is 6.61 Å². The topological polar surface area (TPSA) is 32.3 Å². The van der Waals surface area contributed by atoms with Gasteiger partial charge in [-0.15, -0.1) is 0 Å². The van der Waals surface area contributed by atoms with Crippen molar-refractivity contribution in [2.24, 2.45) is 0 Å². The highest BCUT2D eigenvalue weighted by Gasteiger charge is 2.31. The maximum absolute atomic E-state index is 8.97. The monoisotopic (exact) mass is 267 g/mol. The second-order valence-corrected chi connectivity index (χ2v) is 5.64. The highest BCUT2D eigenvalue weighted by Crippen LogP contribution is 2.37. The van der Waals surface area contributed by atoms with Crippen LogP contribution in [0.1, 0.15) is 44.1 Å². The van der Waals surface area contributed by atoms with Gasteiger partial charge in [-0.1, -0.05) is 30.7 Å². The Morgan fingerprint density at radius 3 is 2.56 bits per heavy atom. The van der Waals surface area contributed by atoms with Crippen molar-refractivity contribution in [3.05, 3.63) is 34.9 Å². The van der Waals surface area contributed by atoms with Crippen LogP contribution in [-0.4, -0.2) is 23.8 Å². The molecule has 0 aliphatic heterocycles. The van der Waals surface area contributed by atoms with Crippen LogP contribution in [0.4, 0.5) is 0 Å². The number of aliphatic hydroxyl groups excluding tert-OH is 1. The van der Waals surface area contributed by atoms with Crippen molar-refractivity contribution in [1.29, 1.82) is 0 Å². The molecular formula is C15H22ClNO. The third kappa shape index (κ3) is 3.47. The van der Waals surface area contributed by atoms with Gasteiger partial charge in [0.2, 0.25) is 0 Å². The molecular weight excluding hydrogens is 246 g/mol. The van der Waals surface area contributed by atoms with E-state index in [2.05, 4.69) is 24.4 Å². The Balaban J connectivity index is 1.78. The summed E-state index contributed by atoms with van der Waals surface area (Å²) in [6.45, 7) is 2.45. The zero-order chi connectivity index (χ0) is 13.0. The number of rotatable bonds is 6. The molecule has 0 aromatic heterocycles. The standard InChI is InChI=1S/C15H22ClNO/c1-2-14(7-8-18)17-15-9-12(10-15)11-3-5-13(16)6-4-11/h3-6,12,14-15,17-18H,2,7-10H2,1H3. The summed E-state index contributed by atoms with van der Waals surface area (Å²) < 4.78 is 0. The van der Waals surface area contributed by atoms with Crippen molar-refractivity contribution < 1.29 is 5.11 Å². The van der Waals surface area contributed by atoms with Gasteiger partial charge in [0.05, 0.1) is 0 Å². The van der Waals surface area contributed by atoms with Crippen molar-refractivity contribution in [3.8, 4) is 0 Å². The number of halogens is 1. The predicted molar refractivity (Wildman–Crippen MR) is 76.1 cm³/mol. The number of aliphatic hydroxyl groups is 1. The van der Waals surface area contributed by atoms with Gasteiger partial charge in [-0.3, -0.25) is 0 Å². The van der Waals surface area contributed by atoms with Crippen LogP contribution in [0.15, 0.2) is 24.3 Å². The van der Waals surface area contributed by atoms with Crippen LogP contribution in [0.2, 0.25) is 5.02 Å². The zero-order valence-electron chi connectivity index (χ0n) is 10.9. The largest absolute Gasteiger partial charge is 0.396 e. The van der Waals surface area contributed by atoms with Crippen LogP contribution in [-0.2, 0) is 0 Å². The molecule has 2 rings (SSSR count). The van der Waals surface area contributed by atoms with Gasteiger partial charge in [0.25, 0.3) is 0 Å². The average Bonchev–Trinajstić information content (AvgIpc) is 2.33. The normalized spacial score (nSPS) is 24.6. The number of benzene rings is 1. The summed E-state index contributed by atoms with van der Waals surface area (Å²) >= 11 is 5.89. The average molecular weight is 268 g/mol. The smallest absolute Gasteiger partial charge is 0.0445 e. The van der Waals surface area contributed by atoms with E-state index in [9.17, 15) is 0 Å². The molecule has 3 heteroatoms. The molecule has 1 unspecified atom stereocenters. The second kappa shape index (κ2) is 6.55. The first-order chi connectivity index (χ1) is 8.72. The molecule has 1 saturated carbocycles. The number of nitrogens with one attached hydrogen (secondary N) is 1. The Labute approximate surface area is 114 Å². The summed E-state index contributed by atoms with van der Waals surface area (Å²) in [4.78, 5) is 0. The molecule has 1 atom stereocenters. The van der Waals surface area contributed by atoms with E-state index >= 15 is 0 Å². The summed E-state index contributed by atoms with van der Waals surface area (Å²) in [5.74, 6) is 0.673. The minimum Gasteiger partial charge on any atom is -0.396 e. The number of hydrogen-bond acceptors (Lipinski definition) is 2. The minimum atomic E-state index is 0.277. The maximum Gasteiger partial charge on any atom is 0.0445 e. The molecule has 0 bridgehead atoms. The molecule has 1 aromatic rings. The fourth-order valence-corrected chi connectivity index (χ4v) is 2.78. The Morgan fingerprint density at radius 2 is 2.00 bits per heavy atom. The summed E-state index contributed by atoms with van der Waals surface area (Å²) in [6.07, 6.45) is 4.34. The molecule has 2 N–H and O–H groups in total. The lowest BCUT2D eigenvalue weighted by Crippen LogP contribution is -2.45.